The van der Waals surface area contributed by atoms with Gasteiger partial charge in [0.05, 0.1) is 17.9 Å². The summed E-state index contributed by atoms with van der Waals surface area (Å²) in [5.41, 5.74) is 1.71. The minimum Gasteiger partial charge on any atom is -0.472 e. The molecule has 0 bridgehead atoms. The monoisotopic (exact) mass is 386 g/mol. The SMILES string of the molecule is O=C(CCc1nc(-c2ccoc2)no1)N1CCNCC1c1ccccc1Cl. The van der Waals surface area contributed by atoms with Crippen LogP contribution in [0.25, 0.3) is 11.4 Å². The lowest BCUT2D eigenvalue weighted by atomic mass is 10.0. The maximum absolute atomic E-state index is 12.9. The third kappa shape index (κ3) is 3.89. The molecule has 8 heteroatoms. The molecule has 3 heterocycles. The van der Waals surface area contributed by atoms with E-state index in [-0.39, 0.29) is 11.9 Å². The number of hydrogen-bond donors (Lipinski definition) is 1. The molecule has 0 saturated carbocycles. The molecule has 1 aliphatic heterocycles. The van der Waals surface area contributed by atoms with E-state index in [1.54, 1.807) is 18.6 Å². The molecule has 2 aromatic heterocycles. The fourth-order valence-corrected chi connectivity index (χ4v) is 3.51. The van der Waals surface area contributed by atoms with Crippen LogP contribution < -0.4 is 5.32 Å². The minimum absolute atomic E-state index is 0.0458. The Morgan fingerprint density at radius 3 is 3.04 bits per heavy atom. The molecule has 4 rings (SSSR count). The van der Waals surface area contributed by atoms with Crippen LogP contribution in [0, 0.1) is 0 Å². The predicted molar refractivity (Wildman–Crippen MR) is 99.1 cm³/mol. The number of furan rings is 1. The van der Waals surface area contributed by atoms with E-state index in [4.69, 9.17) is 20.5 Å². The Kier molecular flexibility index (Phi) is 5.22. The maximum Gasteiger partial charge on any atom is 0.227 e. The Labute approximate surface area is 161 Å². The topological polar surface area (TPSA) is 84.4 Å². The molecule has 1 unspecified atom stereocenters. The highest BCUT2D eigenvalue weighted by molar-refractivity contribution is 6.31. The minimum atomic E-state index is -0.0795. The van der Waals surface area contributed by atoms with Crippen LogP contribution in [-0.2, 0) is 11.2 Å². The first kappa shape index (κ1) is 17.8. The predicted octanol–water partition coefficient (Wildman–Crippen LogP) is 3.09. The third-order valence-electron chi connectivity index (χ3n) is 4.63. The van der Waals surface area contributed by atoms with Gasteiger partial charge >= 0.3 is 0 Å². The lowest BCUT2D eigenvalue weighted by Gasteiger charge is -2.37. The van der Waals surface area contributed by atoms with Crippen LogP contribution in [0.2, 0.25) is 5.02 Å². The molecule has 27 heavy (non-hydrogen) atoms. The first-order chi connectivity index (χ1) is 13.2. The second-order valence-electron chi connectivity index (χ2n) is 6.35. The van der Waals surface area contributed by atoms with Crippen LogP contribution >= 0.6 is 11.6 Å². The fraction of sp³-hybridized carbons (Fsp3) is 0.316. The zero-order valence-corrected chi connectivity index (χ0v) is 15.4. The molecule has 1 N–H and O–H groups in total. The fourth-order valence-electron chi connectivity index (χ4n) is 3.25. The standard InChI is InChI=1S/C19H19ClN4O3/c20-15-4-2-1-3-14(15)16-11-21-8-9-24(16)18(25)6-5-17-22-19(23-27-17)13-7-10-26-12-13/h1-4,7,10,12,16,21H,5-6,8-9,11H2. The van der Waals surface area contributed by atoms with Crippen molar-refractivity contribution >= 4 is 17.5 Å². The smallest absolute Gasteiger partial charge is 0.227 e. The quantitative estimate of drug-likeness (QED) is 0.725. The molecule has 1 aliphatic rings. The summed E-state index contributed by atoms with van der Waals surface area (Å²) in [6.07, 6.45) is 3.79. The number of nitrogens with zero attached hydrogens (tertiary/aromatic N) is 3. The van der Waals surface area contributed by atoms with Gasteiger partial charge in [0.1, 0.15) is 6.26 Å². The lowest BCUT2D eigenvalue weighted by molar-refractivity contribution is -0.134. The summed E-state index contributed by atoms with van der Waals surface area (Å²) in [6, 6.07) is 9.33. The summed E-state index contributed by atoms with van der Waals surface area (Å²) in [5, 5.41) is 7.93. The molecule has 3 aromatic rings. The average molecular weight is 387 g/mol. The van der Waals surface area contributed by atoms with Crippen molar-refractivity contribution in [2.24, 2.45) is 0 Å². The number of amides is 1. The van der Waals surface area contributed by atoms with Gasteiger partial charge in [0.15, 0.2) is 0 Å². The molecular formula is C19H19ClN4O3. The van der Waals surface area contributed by atoms with Crippen molar-refractivity contribution in [3.8, 4) is 11.4 Å². The van der Waals surface area contributed by atoms with E-state index in [1.807, 2.05) is 29.2 Å². The molecule has 0 radical (unpaired) electrons. The van der Waals surface area contributed by atoms with Gasteiger partial charge in [-0.25, -0.2) is 0 Å². The maximum atomic E-state index is 12.9. The Hall–Kier alpha value is -2.64. The lowest BCUT2D eigenvalue weighted by Crippen LogP contribution is -2.48. The summed E-state index contributed by atoms with van der Waals surface area (Å²) in [7, 11) is 0. The van der Waals surface area contributed by atoms with Crippen LogP contribution in [0.15, 0.2) is 51.8 Å². The van der Waals surface area contributed by atoms with Crippen molar-refractivity contribution in [3.63, 3.8) is 0 Å². The number of piperazine rings is 1. The second kappa shape index (κ2) is 7.94. The molecule has 0 aliphatic carbocycles. The van der Waals surface area contributed by atoms with E-state index in [0.29, 0.717) is 42.7 Å². The number of carbonyl (C=O) groups is 1. The van der Waals surface area contributed by atoms with Crippen molar-refractivity contribution < 1.29 is 13.7 Å². The van der Waals surface area contributed by atoms with Crippen LogP contribution in [0.3, 0.4) is 0 Å². The number of carbonyl (C=O) groups excluding carboxylic acids is 1. The van der Waals surface area contributed by atoms with Crippen LogP contribution in [-0.4, -0.2) is 40.6 Å². The molecule has 7 nitrogen and oxygen atoms in total. The molecule has 0 spiro atoms. The summed E-state index contributed by atoms with van der Waals surface area (Å²) in [5.74, 6) is 0.941. The van der Waals surface area contributed by atoms with Gasteiger partial charge in [-0.3, -0.25) is 4.79 Å². The van der Waals surface area contributed by atoms with Crippen molar-refractivity contribution in [2.45, 2.75) is 18.9 Å². The van der Waals surface area contributed by atoms with Crippen molar-refractivity contribution in [1.29, 1.82) is 0 Å². The number of benzene rings is 1. The highest BCUT2D eigenvalue weighted by Gasteiger charge is 2.29. The molecule has 1 saturated heterocycles. The molecule has 1 aromatic carbocycles. The number of aryl methyl sites for hydroxylation is 1. The van der Waals surface area contributed by atoms with E-state index in [1.165, 1.54) is 0 Å². The van der Waals surface area contributed by atoms with Gasteiger partial charge in [-0.2, -0.15) is 4.98 Å². The van der Waals surface area contributed by atoms with Crippen molar-refractivity contribution in [2.75, 3.05) is 19.6 Å². The van der Waals surface area contributed by atoms with E-state index < -0.39 is 0 Å². The van der Waals surface area contributed by atoms with Gasteiger partial charge in [-0.05, 0) is 17.7 Å². The average Bonchev–Trinajstić information content (AvgIpc) is 3.38. The molecule has 1 fully saturated rings. The molecule has 1 atom stereocenters. The van der Waals surface area contributed by atoms with Crippen molar-refractivity contribution in [1.82, 2.24) is 20.4 Å². The third-order valence-corrected chi connectivity index (χ3v) is 4.97. The van der Waals surface area contributed by atoms with Gasteiger partial charge < -0.3 is 19.2 Å². The zero-order valence-electron chi connectivity index (χ0n) is 14.6. The summed E-state index contributed by atoms with van der Waals surface area (Å²) >= 11 is 6.35. The van der Waals surface area contributed by atoms with Crippen LogP contribution in [0.1, 0.15) is 23.9 Å². The summed E-state index contributed by atoms with van der Waals surface area (Å²) in [4.78, 5) is 19.1. The van der Waals surface area contributed by atoms with E-state index >= 15 is 0 Å². The first-order valence-electron chi connectivity index (χ1n) is 8.82. The Bertz CT molecular complexity index is 909. The van der Waals surface area contributed by atoms with Gasteiger partial charge in [-0.15, -0.1) is 0 Å². The Morgan fingerprint density at radius 1 is 1.33 bits per heavy atom. The molecule has 140 valence electrons. The molecular weight excluding hydrogens is 368 g/mol. The zero-order chi connectivity index (χ0) is 18.6. The Balaban J connectivity index is 1.43. The summed E-state index contributed by atoms with van der Waals surface area (Å²) in [6.45, 7) is 2.08. The molecule has 1 amide bonds. The van der Waals surface area contributed by atoms with Gasteiger partial charge in [0.2, 0.25) is 17.6 Å². The number of nitrogens with one attached hydrogen (secondary N) is 1. The highest BCUT2D eigenvalue weighted by atomic mass is 35.5. The number of aromatic nitrogens is 2. The number of rotatable bonds is 5. The second-order valence-corrected chi connectivity index (χ2v) is 6.76. The van der Waals surface area contributed by atoms with Gasteiger partial charge in [0, 0.05) is 37.5 Å². The van der Waals surface area contributed by atoms with Gasteiger partial charge in [-0.1, -0.05) is 35.0 Å². The van der Waals surface area contributed by atoms with Crippen LogP contribution in [0.4, 0.5) is 0 Å². The van der Waals surface area contributed by atoms with Crippen LogP contribution in [0.5, 0.6) is 0 Å². The Morgan fingerprint density at radius 2 is 2.22 bits per heavy atom. The first-order valence-corrected chi connectivity index (χ1v) is 9.20. The number of halogens is 1. The number of hydrogen-bond acceptors (Lipinski definition) is 6. The largest absolute Gasteiger partial charge is 0.472 e. The van der Waals surface area contributed by atoms with E-state index in [2.05, 4.69) is 15.5 Å². The van der Waals surface area contributed by atoms with Gasteiger partial charge in [0.25, 0.3) is 0 Å². The van der Waals surface area contributed by atoms with E-state index in [0.717, 1.165) is 17.7 Å². The van der Waals surface area contributed by atoms with Crippen molar-refractivity contribution in [3.05, 3.63) is 59.3 Å². The summed E-state index contributed by atoms with van der Waals surface area (Å²) < 4.78 is 10.3. The normalized spacial score (nSPS) is 17.2. The highest BCUT2D eigenvalue weighted by Crippen LogP contribution is 2.29. The van der Waals surface area contributed by atoms with E-state index in [9.17, 15) is 4.79 Å².